The van der Waals surface area contributed by atoms with E-state index in [0.29, 0.717) is 12.0 Å². The number of benzene rings is 1. The van der Waals surface area contributed by atoms with Crippen molar-refractivity contribution in [3.8, 4) is 5.75 Å². The number of aromatic hydroxyl groups is 1. The standard InChI is InChI=1S/C24H38N4O7/c1-5-14(4)20(25)23(33)27-17(10-13(2)3)21(31)26-18(11-15-6-8-16(30)9-7-15)22(32)28-19(12-29)24(34)35/h6-9,13-14,17-20,29-30H,5,10-12,25H2,1-4H3,(H,26,31)(H,27,33)(H,28,32)(H,34,35). The first-order valence-electron chi connectivity index (χ1n) is 11.7. The number of aliphatic hydroxyl groups is 1. The van der Waals surface area contributed by atoms with Gasteiger partial charge in [-0.15, -0.1) is 0 Å². The summed E-state index contributed by atoms with van der Waals surface area (Å²) in [6.45, 7) is 6.65. The number of carboxylic acids is 1. The first-order chi connectivity index (χ1) is 16.4. The molecular weight excluding hydrogens is 456 g/mol. The molecule has 0 aliphatic heterocycles. The minimum Gasteiger partial charge on any atom is -0.508 e. The molecule has 0 spiro atoms. The van der Waals surface area contributed by atoms with Crippen molar-refractivity contribution in [1.29, 1.82) is 0 Å². The van der Waals surface area contributed by atoms with Gasteiger partial charge in [0.2, 0.25) is 17.7 Å². The Morgan fingerprint density at radius 3 is 1.89 bits per heavy atom. The van der Waals surface area contributed by atoms with Gasteiger partial charge < -0.3 is 37.0 Å². The molecule has 0 saturated heterocycles. The molecule has 196 valence electrons. The van der Waals surface area contributed by atoms with Crippen molar-refractivity contribution < 1.29 is 34.5 Å². The summed E-state index contributed by atoms with van der Waals surface area (Å²) in [4.78, 5) is 49.9. The molecule has 0 heterocycles. The van der Waals surface area contributed by atoms with E-state index in [1.807, 2.05) is 27.7 Å². The van der Waals surface area contributed by atoms with Gasteiger partial charge in [-0.3, -0.25) is 14.4 Å². The molecule has 5 unspecified atom stereocenters. The number of phenolic OH excluding ortho intramolecular Hbond substituents is 1. The van der Waals surface area contributed by atoms with Crippen molar-refractivity contribution in [3.05, 3.63) is 29.8 Å². The summed E-state index contributed by atoms with van der Waals surface area (Å²) in [6.07, 6.45) is 0.942. The largest absolute Gasteiger partial charge is 0.508 e. The van der Waals surface area contributed by atoms with Crippen LogP contribution in [0.15, 0.2) is 24.3 Å². The Morgan fingerprint density at radius 2 is 1.40 bits per heavy atom. The molecule has 0 aliphatic rings. The number of nitrogens with one attached hydrogen (secondary N) is 3. The van der Waals surface area contributed by atoms with Gasteiger partial charge in [0.25, 0.3) is 0 Å². The molecule has 8 N–H and O–H groups in total. The highest BCUT2D eigenvalue weighted by molar-refractivity contribution is 5.94. The van der Waals surface area contributed by atoms with Crippen LogP contribution in [0, 0.1) is 11.8 Å². The number of hydrogen-bond acceptors (Lipinski definition) is 7. The summed E-state index contributed by atoms with van der Waals surface area (Å²) in [5.41, 5.74) is 6.59. The third-order valence-corrected chi connectivity index (χ3v) is 5.71. The van der Waals surface area contributed by atoms with Gasteiger partial charge in [0, 0.05) is 6.42 Å². The third kappa shape index (κ3) is 9.91. The van der Waals surface area contributed by atoms with Crippen LogP contribution >= 0.6 is 0 Å². The van der Waals surface area contributed by atoms with E-state index in [9.17, 15) is 29.4 Å². The minimum absolute atomic E-state index is 0.0161. The van der Waals surface area contributed by atoms with Crippen LogP contribution in [0.3, 0.4) is 0 Å². The van der Waals surface area contributed by atoms with E-state index in [1.54, 1.807) is 12.1 Å². The van der Waals surface area contributed by atoms with Crippen LogP contribution in [0.25, 0.3) is 0 Å². The predicted octanol–water partition coefficient (Wildman–Crippen LogP) is -0.114. The van der Waals surface area contributed by atoms with Crippen molar-refractivity contribution in [3.63, 3.8) is 0 Å². The second-order valence-electron chi connectivity index (χ2n) is 9.12. The molecule has 0 bridgehead atoms. The highest BCUT2D eigenvalue weighted by atomic mass is 16.4. The summed E-state index contributed by atoms with van der Waals surface area (Å²) in [7, 11) is 0. The van der Waals surface area contributed by atoms with Crippen LogP contribution in [0.4, 0.5) is 0 Å². The number of rotatable bonds is 14. The normalized spacial score (nSPS) is 15.4. The lowest BCUT2D eigenvalue weighted by atomic mass is 9.97. The Balaban J connectivity index is 3.13. The van der Waals surface area contributed by atoms with E-state index in [4.69, 9.17) is 10.8 Å². The molecule has 35 heavy (non-hydrogen) atoms. The van der Waals surface area contributed by atoms with Crippen molar-refractivity contribution in [2.24, 2.45) is 17.6 Å². The molecule has 1 rings (SSSR count). The quantitative estimate of drug-likeness (QED) is 0.186. The smallest absolute Gasteiger partial charge is 0.328 e. The van der Waals surface area contributed by atoms with Crippen molar-refractivity contribution in [2.45, 2.75) is 71.1 Å². The zero-order valence-electron chi connectivity index (χ0n) is 20.7. The number of aliphatic carboxylic acids is 1. The maximum absolute atomic E-state index is 13.2. The molecule has 1 aromatic rings. The lowest BCUT2D eigenvalue weighted by Crippen LogP contribution is -2.58. The summed E-state index contributed by atoms with van der Waals surface area (Å²) in [5.74, 6) is -3.41. The molecular formula is C24H38N4O7. The fourth-order valence-corrected chi connectivity index (χ4v) is 3.29. The Morgan fingerprint density at radius 1 is 0.886 bits per heavy atom. The van der Waals surface area contributed by atoms with Gasteiger partial charge in [-0.1, -0.05) is 46.2 Å². The molecule has 1 aromatic carbocycles. The number of nitrogens with two attached hydrogens (primary N) is 1. The Labute approximate surface area is 205 Å². The van der Waals surface area contributed by atoms with Gasteiger partial charge in [-0.2, -0.15) is 0 Å². The van der Waals surface area contributed by atoms with E-state index in [1.165, 1.54) is 12.1 Å². The fourth-order valence-electron chi connectivity index (χ4n) is 3.29. The van der Waals surface area contributed by atoms with Crippen molar-refractivity contribution >= 4 is 23.7 Å². The van der Waals surface area contributed by atoms with Gasteiger partial charge in [0.1, 0.15) is 23.9 Å². The molecule has 11 nitrogen and oxygen atoms in total. The monoisotopic (exact) mass is 494 g/mol. The van der Waals surface area contributed by atoms with E-state index in [-0.39, 0.29) is 30.4 Å². The maximum atomic E-state index is 13.2. The van der Waals surface area contributed by atoms with E-state index < -0.39 is 54.5 Å². The van der Waals surface area contributed by atoms with Crippen LogP contribution in [0.1, 0.15) is 46.1 Å². The minimum atomic E-state index is -1.55. The maximum Gasteiger partial charge on any atom is 0.328 e. The molecule has 0 radical (unpaired) electrons. The summed E-state index contributed by atoms with van der Waals surface area (Å²) in [6, 6.07) is 1.40. The van der Waals surface area contributed by atoms with E-state index in [2.05, 4.69) is 16.0 Å². The zero-order valence-corrected chi connectivity index (χ0v) is 20.7. The number of amides is 3. The van der Waals surface area contributed by atoms with Crippen LogP contribution in [0.2, 0.25) is 0 Å². The third-order valence-electron chi connectivity index (χ3n) is 5.71. The average molecular weight is 495 g/mol. The predicted molar refractivity (Wildman–Crippen MR) is 129 cm³/mol. The van der Waals surface area contributed by atoms with Gasteiger partial charge in [0.05, 0.1) is 12.6 Å². The number of carboxylic acid groups (broad SMARTS) is 1. The molecule has 0 saturated carbocycles. The SMILES string of the molecule is CCC(C)C(N)C(=O)NC(CC(C)C)C(=O)NC(Cc1ccc(O)cc1)C(=O)NC(CO)C(=O)O. The average Bonchev–Trinajstić information content (AvgIpc) is 2.81. The molecule has 3 amide bonds. The van der Waals surface area contributed by atoms with Gasteiger partial charge in [-0.25, -0.2) is 4.79 Å². The lowest BCUT2D eigenvalue weighted by molar-refractivity contribution is -0.143. The summed E-state index contributed by atoms with van der Waals surface area (Å²) in [5, 5.41) is 35.4. The highest BCUT2D eigenvalue weighted by Gasteiger charge is 2.31. The number of carbonyl (C=O) groups excluding carboxylic acids is 3. The van der Waals surface area contributed by atoms with Crippen LogP contribution in [0.5, 0.6) is 5.75 Å². The van der Waals surface area contributed by atoms with Gasteiger partial charge >= 0.3 is 5.97 Å². The second-order valence-corrected chi connectivity index (χ2v) is 9.12. The number of aliphatic hydroxyl groups excluding tert-OH is 1. The molecule has 0 aromatic heterocycles. The van der Waals surface area contributed by atoms with Gasteiger partial charge in [-0.05, 0) is 36.0 Å². The Hall–Kier alpha value is -3.18. The molecule has 5 atom stereocenters. The number of phenols is 1. The van der Waals surface area contributed by atoms with Gasteiger partial charge in [0.15, 0.2) is 0 Å². The summed E-state index contributed by atoms with van der Waals surface area (Å²) < 4.78 is 0. The highest BCUT2D eigenvalue weighted by Crippen LogP contribution is 2.13. The summed E-state index contributed by atoms with van der Waals surface area (Å²) >= 11 is 0. The molecule has 11 heteroatoms. The zero-order chi connectivity index (χ0) is 26.7. The second kappa shape index (κ2) is 14.3. The van der Waals surface area contributed by atoms with Crippen molar-refractivity contribution in [2.75, 3.05) is 6.61 Å². The van der Waals surface area contributed by atoms with E-state index in [0.717, 1.165) is 0 Å². The van der Waals surface area contributed by atoms with E-state index >= 15 is 0 Å². The van der Waals surface area contributed by atoms with Crippen LogP contribution in [-0.2, 0) is 25.6 Å². The lowest BCUT2D eigenvalue weighted by Gasteiger charge is -2.27. The molecule has 0 aliphatic carbocycles. The van der Waals surface area contributed by atoms with Crippen molar-refractivity contribution in [1.82, 2.24) is 16.0 Å². The molecule has 0 fully saturated rings. The Bertz CT molecular complexity index is 860. The number of carbonyl (C=O) groups is 4. The van der Waals surface area contributed by atoms with Crippen LogP contribution in [-0.4, -0.2) is 69.8 Å². The Kier molecular flexibility index (Phi) is 12.2. The fraction of sp³-hybridized carbons (Fsp3) is 0.583. The topological polar surface area (TPSA) is 191 Å². The number of hydrogen-bond donors (Lipinski definition) is 7. The van der Waals surface area contributed by atoms with Crippen LogP contribution < -0.4 is 21.7 Å². The first kappa shape index (κ1) is 29.9. The first-order valence-corrected chi connectivity index (χ1v) is 11.7.